The van der Waals surface area contributed by atoms with E-state index in [0.29, 0.717) is 0 Å². The van der Waals surface area contributed by atoms with Crippen molar-refractivity contribution in [1.82, 2.24) is 0 Å². The molecule has 0 aliphatic heterocycles. The van der Waals surface area contributed by atoms with Crippen molar-refractivity contribution in [3.05, 3.63) is 35.6 Å². The highest BCUT2D eigenvalue weighted by atomic mass is 19.4. The van der Waals surface area contributed by atoms with E-state index in [0.717, 1.165) is 12.1 Å². The van der Waals surface area contributed by atoms with Crippen molar-refractivity contribution in [2.24, 2.45) is 0 Å². The summed E-state index contributed by atoms with van der Waals surface area (Å²) in [6, 6.07) is 4.74. The molecule has 7 heteroatoms. The maximum absolute atomic E-state index is 12.9. The Bertz CT molecular complexity index is 665. The van der Waals surface area contributed by atoms with Gasteiger partial charge < -0.3 is 19.2 Å². The second kappa shape index (κ2) is 5.92. The van der Waals surface area contributed by atoms with Crippen LogP contribution in [0.1, 0.15) is 11.3 Å². The SMILES string of the molecule is COCN(C)c1oc(C)c(O)c1-c1cccc(C(F)(F)F)c1. The Kier molecular flexibility index (Phi) is 4.37. The fourth-order valence-electron chi connectivity index (χ4n) is 2.15. The molecular formula is C15H16F3NO3. The van der Waals surface area contributed by atoms with E-state index in [4.69, 9.17) is 9.15 Å². The van der Waals surface area contributed by atoms with E-state index < -0.39 is 11.7 Å². The van der Waals surface area contributed by atoms with E-state index >= 15 is 0 Å². The van der Waals surface area contributed by atoms with Gasteiger partial charge in [0.15, 0.2) is 5.75 Å². The van der Waals surface area contributed by atoms with Crippen LogP contribution < -0.4 is 4.90 Å². The lowest BCUT2D eigenvalue weighted by atomic mass is 10.0. The first-order valence-corrected chi connectivity index (χ1v) is 6.45. The summed E-state index contributed by atoms with van der Waals surface area (Å²) in [5.41, 5.74) is -0.353. The second-order valence-corrected chi connectivity index (χ2v) is 4.88. The summed E-state index contributed by atoms with van der Waals surface area (Å²) in [6.07, 6.45) is -4.46. The van der Waals surface area contributed by atoms with Crippen molar-refractivity contribution in [3.8, 4) is 16.9 Å². The zero-order valence-corrected chi connectivity index (χ0v) is 12.4. The van der Waals surface area contributed by atoms with Crippen molar-refractivity contribution in [3.63, 3.8) is 0 Å². The number of halogens is 3. The van der Waals surface area contributed by atoms with Crippen molar-refractivity contribution in [2.75, 3.05) is 25.8 Å². The van der Waals surface area contributed by atoms with Crippen LogP contribution in [0.25, 0.3) is 11.1 Å². The fourth-order valence-corrected chi connectivity index (χ4v) is 2.15. The number of rotatable bonds is 4. The molecule has 0 fully saturated rings. The van der Waals surface area contributed by atoms with Crippen molar-refractivity contribution in [1.29, 1.82) is 0 Å². The molecule has 0 amide bonds. The number of ether oxygens (including phenoxy) is 1. The van der Waals surface area contributed by atoms with Gasteiger partial charge in [0.2, 0.25) is 5.88 Å². The monoisotopic (exact) mass is 315 g/mol. The normalized spacial score (nSPS) is 11.7. The summed E-state index contributed by atoms with van der Waals surface area (Å²) in [7, 11) is 3.13. The molecule has 0 saturated carbocycles. The molecule has 1 heterocycles. The van der Waals surface area contributed by atoms with Gasteiger partial charge in [0.05, 0.1) is 11.1 Å². The van der Waals surface area contributed by atoms with E-state index in [9.17, 15) is 18.3 Å². The summed E-state index contributed by atoms with van der Waals surface area (Å²) in [6.45, 7) is 1.70. The molecule has 0 unspecified atom stereocenters. The van der Waals surface area contributed by atoms with Gasteiger partial charge in [0.1, 0.15) is 12.5 Å². The quantitative estimate of drug-likeness (QED) is 0.866. The van der Waals surface area contributed by atoms with E-state index in [-0.39, 0.29) is 35.3 Å². The largest absolute Gasteiger partial charge is 0.504 e. The van der Waals surface area contributed by atoms with Crippen LogP contribution in [0.3, 0.4) is 0 Å². The van der Waals surface area contributed by atoms with Crippen LogP contribution >= 0.6 is 0 Å². The first-order chi connectivity index (χ1) is 10.3. The van der Waals surface area contributed by atoms with Gasteiger partial charge in [-0.15, -0.1) is 0 Å². The van der Waals surface area contributed by atoms with Crippen LogP contribution in [-0.4, -0.2) is 26.0 Å². The Hall–Kier alpha value is -2.15. The van der Waals surface area contributed by atoms with Crippen LogP contribution in [-0.2, 0) is 10.9 Å². The van der Waals surface area contributed by atoms with Crippen molar-refractivity contribution in [2.45, 2.75) is 13.1 Å². The van der Waals surface area contributed by atoms with Gasteiger partial charge in [-0.2, -0.15) is 13.2 Å². The molecule has 0 atom stereocenters. The van der Waals surface area contributed by atoms with Crippen molar-refractivity contribution < 1.29 is 27.4 Å². The number of aryl methyl sites for hydroxylation is 1. The first kappa shape index (κ1) is 16.2. The van der Waals surface area contributed by atoms with E-state index in [1.54, 1.807) is 11.9 Å². The molecule has 22 heavy (non-hydrogen) atoms. The Morgan fingerprint density at radius 3 is 2.59 bits per heavy atom. The van der Waals surface area contributed by atoms with Gasteiger partial charge in [-0.05, 0) is 24.6 Å². The number of aromatic hydroxyl groups is 1. The third-order valence-electron chi connectivity index (χ3n) is 3.18. The number of anilines is 1. The van der Waals surface area contributed by atoms with Gasteiger partial charge in [0, 0.05) is 14.2 Å². The lowest BCUT2D eigenvalue weighted by Gasteiger charge is -2.17. The number of furan rings is 1. The third kappa shape index (κ3) is 3.04. The Morgan fingerprint density at radius 1 is 1.32 bits per heavy atom. The van der Waals surface area contributed by atoms with E-state index in [2.05, 4.69) is 0 Å². The van der Waals surface area contributed by atoms with Crippen molar-refractivity contribution >= 4 is 5.88 Å². The average molecular weight is 315 g/mol. The number of benzene rings is 1. The minimum atomic E-state index is -4.46. The van der Waals surface area contributed by atoms with Gasteiger partial charge in [-0.3, -0.25) is 0 Å². The molecule has 1 aromatic carbocycles. The molecule has 2 aromatic rings. The molecular weight excluding hydrogens is 299 g/mol. The number of hydrogen-bond acceptors (Lipinski definition) is 4. The van der Waals surface area contributed by atoms with Gasteiger partial charge in [-0.1, -0.05) is 12.1 Å². The molecule has 1 N–H and O–H groups in total. The maximum Gasteiger partial charge on any atom is 0.416 e. The second-order valence-electron chi connectivity index (χ2n) is 4.88. The molecule has 2 rings (SSSR count). The Morgan fingerprint density at radius 2 is 2.00 bits per heavy atom. The smallest absolute Gasteiger partial charge is 0.416 e. The minimum Gasteiger partial charge on any atom is -0.504 e. The van der Waals surface area contributed by atoms with Gasteiger partial charge in [-0.25, -0.2) is 0 Å². The van der Waals surface area contributed by atoms with Gasteiger partial charge in [0.25, 0.3) is 0 Å². The van der Waals surface area contributed by atoms with Crippen LogP contribution in [0.4, 0.5) is 19.1 Å². The molecule has 0 aliphatic rings. The zero-order chi connectivity index (χ0) is 16.5. The highest BCUT2D eigenvalue weighted by Gasteiger charge is 2.31. The number of hydrogen-bond donors (Lipinski definition) is 1. The molecule has 0 bridgehead atoms. The zero-order valence-electron chi connectivity index (χ0n) is 12.4. The lowest BCUT2D eigenvalue weighted by molar-refractivity contribution is -0.137. The molecule has 1 aromatic heterocycles. The Balaban J connectivity index is 2.57. The lowest BCUT2D eigenvalue weighted by Crippen LogP contribution is -2.19. The molecule has 4 nitrogen and oxygen atoms in total. The van der Waals surface area contributed by atoms with Crippen LogP contribution in [0.2, 0.25) is 0 Å². The summed E-state index contributed by atoms with van der Waals surface area (Å²) in [5, 5.41) is 10.1. The highest BCUT2D eigenvalue weighted by molar-refractivity contribution is 5.82. The summed E-state index contributed by atoms with van der Waals surface area (Å²) in [5.74, 6) is 0.291. The third-order valence-corrected chi connectivity index (χ3v) is 3.18. The standard InChI is InChI=1S/C15H16F3NO3/c1-9-13(20)12(14(22-9)19(2)8-21-3)10-5-4-6-11(7-10)15(16,17)18/h4-7,20H,8H2,1-3H3. The predicted molar refractivity (Wildman–Crippen MR) is 75.8 cm³/mol. The maximum atomic E-state index is 12.9. The number of alkyl halides is 3. The predicted octanol–water partition coefficient (Wildman–Crippen LogP) is 4.02. The number of nitrogens with zero attached hydrogens (tertiary/aromatic N) is 1. The first-order valence-electron chi connectivity index (χ1n) is 6.45. The van der Waals surface area contributed by atoms with Crippen LogP contribution in [0.15, 0.2) is 28.7 Å². The van der Waals surface area contributed by atoms with Crippen LogP contribution in [0.5, 0.6) is 5.75 Å². The molecule has 120 valence electrons. The van der Waals surface area contributed by atoms with E-state index in [1.807, 2.05) is 0 Å². The minimum absolute atomic E-state index is 0.165. The number of methoxy groups -OCH3 is 1. The molecule has 0 aliphatic carbocycles. The highest BCUT2D eigenvalue weighted by Crippen LogP contribution is 2.44. The topological polar surface area (TPSA) is 45.8 Å². The average Bonchev–Trinajstić information content (AvgIpc) is 2.74. The summed E-state index contributed by atoms with van der Waals surface area (Å²) < 4.78 is 49.0. The van der Waals surface area contributed by atoms with Gasteiger partial charge >= 0.3 is 6.18 Å². The molecule has 0 spiro atoms. The van der Waals surface area contributed by atoms with E-state index in [1.165, 1.54) is 26.2 Å². The van der Waals surface area contributed by atoms with Crippen LogP contribution in [0, 0.1) is 6.92 Å². The molecule has 0 saturated heterocycles. The summed E-state index contributed by atoms with van der Waals surface area (Å²) >= 11 is 0. The Labute approximate surface area is 125 Å². The summed E-state index contributed by atoms with van der Waals surface area (Å²) in [4.78, 5) is 1.56. The molecule has 0 radical (unpaired) electrons. The fraction of sp³-hybridized carbons (Fsp3) is 0.333.